The molecule has 13 heteroatoms. The summed E-state index contributed by atoms with van der Waals surface area (Å²) in [5.41, 5.74) is 1.90. The highest BCUT2D eigenvalue weighted by Gasteiger charge is 2.37. The summed E-state index contributed by atoms with van der Waals surface area (Å²) < 4.78 is 49.7. The summed E-state index contributed by atoms with van der Waals surface area (Å²) in [5, 5.41) is 3.83. The van der Waals surface area contributed by atoms with E-state index in [0.717, 1.165) is 50.9 Å². The van der Waals surface area contributed by atoms with Crippen molar-refractivity contribution >= 4 is 61.4 Å². The van der Waals surface area contributed by atoms with Crippen molar-refractivity contribution in [1.82, 2.24) is 14.5 Å². The van der Waals surface area contributed by atoms with Gasteiger partial charge in [-0.3, -0.25) is 4.79 Å². The van der Waals surface area contributed by atoms with E-state index in [4.69, 9.17) is 23.2 Å². The van der Waals surface area contributed by atoms with E-state index >= 15 is 0 Å². The Hall–Kier alpha value is -1.40. The predicted molar refractivity (Wildman–Crippen MR) is 171 cm³/mol. The number of nitrogens with one attached hydrogen (secondary N) is 1. The number of likely N-dealkylation sites (tertiary alicyclic amines) is 1. The Bertz CT molecular complexity index is 1430. The SMILES string of the molecule is CS(=O)(=O)c1ccc(CC2CCN(CCCNC(=O)C3CCN(S(C)(=O)=O)C(c4ccc(Cl)c(Cl)c4)C3)CC2)cc1.Cl. The molecule has 1 N–H and O–H groups in total. The molecule has 42 heavy (non-hydrogen) atoms. The van der Waals surface area contributed by atoms with Crippen LogP contribution >= 0.6 is 35.6 Å². The van der Waals surface area contributed by atoms with Crippen LogP contribution in [0.4, 0.5) is 0 Å². The highest BCUT2D eigenvalue weighted by atomic mass is 35.5. The molecule has 2 atom stereocenters. The van der Waals surface area contributed by atoms with E-state index in [0.29, 0.717) is 40.2 Å². The van der Waals surface area contributed by atoms with Gasteiger partial charge >= 0.3 is 0 Å². The van der Waals surface area contributed by atoms with Crippen LogP contribution in [0, 0.1) is 11.8 Å². The predicted octanol–water partition coefficient (Wildman–Crippen LogP) is 4.99. The van der Waals surface area contributed by atoms with Crippen molar-refractivity contribution in [3.63, 3.8) is 0 Å². The van der Waals surface area contributed by atoms with Gasteiger partial charge in [-0.2, -0.15) is 4.31 Å². The topological polar surface area (TPSA) is 104 Å². The number of hydrogen-bond acceptors (Lipinski definition) is 6. The fourth-order valence-corrected chi connectivity index (χ4v) is 7.92. The zero-order valence-electron chi connectivity index (χ0n) is 24.0. The van der Waals surface area contributed by atoms with E-state index in [1.807, 2.05) is 12.1 Å². The molecule has 0 aromatic heterocycles. The van der Waals surface area contributed by atoms with E-state index in [-0.39, 0.29) is 30.8 Å². The van der Waals surface area contributed by atoms with Gasteiger partial charge in [-0.1, -0.05) is 41.4 Å². The molecule has 8 nitrogen and oxygen atoms in total. The Morgan fingerprint density at radius 2 is 1.60 bits per heavy atom. The summed E-state index contributed by atoms with van der Waals surface area (Å²) in [6.45, 7) is 3.78. The first-order chi connectivity index (χ1) is 19.3. The molecule has 2 aromatic rings. The van der Waals surface area contributed by atoms with Crippen LogP contribution in [-0.2, 0) is 31.1 Å². The second-order valence-electron chi connectivity index (χ2n) is 11.3. The number of sulfonamides is 1. The number of carbonyl (C=O) groups excluding carboxylic acids is 1. The first-order valence-corrected chi connectivity index (χ1v) is 18.5. The molecule has 2 aliphatic heterocycles. The number of nitrogens with zero attached hydrogens (tertiary/aromatic N) is 2. The van der Waals surface area contributed by atoms with Crippen LogP contribution in [0.25, 0.3) is 0 Å². The largest absolute Gasteiger partial charge is 0.356 e. The van der Waals surface area contributed by atoms with Crippen molar-refractivity contribution in [2.75, 3.05) is 45.2 Å². The average molecular weight is 681 g/mol. The molecule has 0 aliphatic carbocycles. The van der Waals surface area contributed by atoms with Gasteiger partial charge in [0.05, 0.1) is 27.2 Å². The molecule has 2 fully saturated rings. The maximum atomic E-state index is 13.0. The molecular weight excluding hydrogens is 641 g/mol. The van der Waals surface area contributed by atoms with Gasteiger partial charge in [0.1, 0.15) is 0 Å². The van der Waals surface area contributed by atoms with Crippen LogP contribution in [0.3, 0.4) is 0 Å². The van der Waals surface area contributed by atoms with Crippen molar-refractivity contribution < 1.29 is 21.6 Å². The molecule has 2 unspecified atom stereocenters. The monoisotopic (exact) mass is 679 g/mol. The summed E-state index contributed by atoms with van der Waals surface area (Å²) in [5.74, 6) is 0.259. The minimum absolute atomic E-state index is 0. The number of rotatable bonds is 10. The molecule has 2 aliphatic rings. The maximum Gasteiger partial charge on any atom is 0.223 e. The van der Waals surface area contributed by atoms with Crippen LogP contribution < -0.4 is 5.32 Å². The van der Waals surface area contributed by atoms with Crippen molar-refractivity contribution in [3.05, 3.63) is 63.6 Å². The molecule has 0 saturated carbocycles. The van der Waals surface area contributed by atoms with Crippen LogP contribution in [0.1, 0.15) is 49.3 Å². The van der Waals surface area contributed by atoms with Crippen molar-refractivity contribution in [2.24, 2.45) is 11.8 Å². The molecule has 0 bridgehead atoms. The summed E-state index contributed by atoms with van der Waals surface area (Å²) >= 11 is 12.3. The second kappa shape index (κ2) is 15.1. The van der Waals surface area contributed by atoms with E-state index in [1.54, 1.807) is 30.3 Å². The Morgan fingerprint density at radius 1 is 0.929 bits per heavy atom. The molecule has 234 valence electrons. The third-order valence-corrected chi connectivity index (χ3v) is 11.4. The summed E-state index contributed by atoms with van der Waals surface area (Å²) in [7, 11) is -6.63. The lowest BCUT2D eigenvalue weighted by atomic mass is 9.88. The van der Waals surface area contributed by atoms with E-state index < -0.39 is 25.9 Å². The first kappa shape index (κ1) is 35.1. The number of sulfone groups is 1. The van der Waals surface area contributed by atoms with Crippen molar-refractivity contribution in [3.8, 4) is 0 Å². The Kier molecular flexibility index (Phi) is 12.6. The van der Waals surface area contributed by atoms with E-state index in [2.05, 4.69) is 10.2 Å². The molecule has 2 saturated heterocycles. The van der Waals surface area contributed by atoms with Crippen LogP contribution in [0.15, 0.2) is 47.4 Å². The number of carbonyl (C=O) groups is 1. The second-order valence-corrected chi connectivity index (χ2v) is 16.1. The van der Waals surface area contributed by atoms with Crippen molar-refractivity contribution in [2.45, 2.75) is 49.5 Å². The Balaban J connectivity index is 0.00000484. The standard InChI is InChI=1S/C29H39Cl2N3O5S2.ClH/c1-40(36,37)25-7-4-21(5-8-25)18-22-10-15-33(16-11-22)14-3-13-32-29(35)24-12-17-34(41(2,38)39)28(20-24)23-6-9-26(30)27(31)19-23;/h4-9,19,22,24,28H,3,10-18,20H2,1-2H3,(H,32,35);1H. The summed E-state index contributed by atoms with van der Waals surface area (Å²) in [4.78, 5) is 15.8. The van der Waals surface area contributed by atoms with Crippen LogP contribution in [0.2, 0.25) is 10.0 Å². The third-order valence-electron chi connectivity index (χ3n) is 8.21. The molecule has 2 aromatic carbocycles. The number of piperidine rings is 2. The Morgan fingerprint density at radius 3 is 2.19 bits per heavy atom. The fraction of sp³-hybridized carbons (Fsp3) is 0.552. The van der Waals surface area contributed by atoms with E-state index in [1.165, 1.54) is 22.4 Å². The quantitative estimate of drug-likeness (QED) is 0.355. The van der Waals surface area contributed by atoms with Crippen LogP contribution in [-0.4, -0.2) is 77.2 Å². The van der Waals surface area contributed by atoms with Gasteiger partial charge in [0.2, 0.25) is 15.9 Å². The van der Waals surface area contributed by atoms with Crippen molar-refractivity contribution in [1.29, 1.82) is 0 Å². The highest BCUT2D eigenvalue weighted by Crippen LogP contribution is 2.38. The number of amides is 1. The highest BCUT2D eigenvalue weighted by molar-refractivity contribution is 7.90. The van der Waals surface area contributed by atoms with Gasteiger partial charge in [-0.05, 0) is 99.5 Å². The van der Waals surface area contributed by atoms with Gasteiger partial charge in [0.25, 0.3) is 0 Å². The lowest BCUT2D eigenvalue weighted by Crippen LogP contribution is -2.45. The lowest BCUT2D eigenvalue weighted by Gasteiger charge is -2.37. The van der Waals surface area contributed by atoms with E-state index in [9.17, 15) is 21.6 Å². The summed E-state index contributed by atoms with van der Waals surface area (Å²) in [6, 6.07) is 11.9. The third kappa shape index (κ3) is 9.55. The van der Waals surface area contributed by atoms with Gasteiger partial charge in [0.15, 0.2) is 9.84 Å². The average Bonchev–Trinajstić information content (AvgIpc) is 2.92. The first-order valence-electron chi connectivity index (χ1n) is 14.0. The lowest BCUT2D eigenvalue weighted by molar-refractivity contribution is -0.126. The van der Waals surface area contributed by atoms with Crippen LogP contribution in [0.5, 0.6) is 0 Å². The molecule has 4 rings (SSSR count). The maximum absolute atomic E-state index is 13.0. The van der Waals surface area contributed by atoms with Gasteiger partial charge in [-0.25, -0.2) is 16.8 Å². The fourth-order valence-electron chi connectivity index (χ4n) is 5.88. The minimum atomic E-state index is -3.46. The van der Waals surface area contributed by atoms with Gasteiger partial charge in [0, 0.05) is 25.3 Å². The molecule has 0 spiro atoms. The van der Waals surface area contributed by atoms with Gasteiger partial charge in [-0.15, -0.1) is 12.4 Å². The minimum Gasteiger partial charge on any atom is -0.356 e. The molecular formula is C29H40Cl3N3O5S2. The number of benzene rings is 2. The molecule has 1 amide bonds. The zero-order valence-corrected chi connectivity index (χ0v) is 27.9. The number of halogens is 3. The molecule has 0 radical (unpaired) electrons. The zero-order chi connectivity index (χ0) is 29.8. The normalized spacial score (nSPS) is 21.0. The number of hydrogen-bond donors (Lipinski definition) is 1. The Labute approximate surface area is 266 Å². The summed E-state index contributed by atoms with van der Waals surface area (Å²) in [6.07, 6.45) is 7.27. The smallest absolute Gasteiger partial charge is 0.223 e. The van der Waals surface area contributed by atoms with Gasteiger partial charge < -0.3 is 10.2 Å². The molecule has 2 heterocycles.